The second-order valence-corrected chi connectivity index (χ2v) is 6.30. The zero-order chi connectivity index (χ0) is 17.8. The van der Waals surface area contributed by atoms with Gasteiger partial charge in [-0.25, -0.2) is 0 Å². The van der Waals surface area contributed by atoms with Crippen LogP contribution >= 0.6 is 12.4 Å². The van der Waals surface area contributed by atoms with Crippen molar-refractivity contribution in [2.24, 2.45) is 5.73 Å². The van der Waals surface area contributed by atoms with Crippen LogP contribution < -0.4 is 16.4 Å². The lowest BCUT2D eigenvalue weighted by Gasteiger charge is -2.20. The molecule has 1 aliphatic rings. The minimum atomic E-state index is -0.655. The van der Waals surface area contributed by atoms with Crippen molar-refractivity contribution in [3.63, 3.8) is 0 Å². The third-order valence-corrected chi connectivity index (χ3v) is 4.64. The Morgan fingerprint density at radius 1 is 1.35 bits per heavy atom. The van der Waals surface area contributed by atoms with E-state index in [1.54, 1.807) is 7.05 Å². The van der Waals surface area contributed by atoms with Gasteiger partial charge in [0, 0.05) is 37.1 Å². The summed E-state index contributed by atoms with van der Waals surface area (Å²) in [6.07, 6.45) is 3.06. The van der Waals surface area contributed by atoms with Gasteiger partial charge in [0.15, 0.2) is 0 Å². The van der Waals surface area contributed by atoms with Crippen molar-refractivity contribution in [3.8, 4) is 0 Å². The van der Waals surface area contributed by atoms with Gasteiger partial charge in [0.25, 0.3) is 0 Å². The van der Waals surface area contributed by atoms with Gasteiger partial charge in [0.2, 0.25) is 11.8 Å². The topological polar surface area (TPSA) is 109 Å². The molecule has 0 unspecified atom stereocenters. The highest BCUT2D eigenvalue weighted by Gasteiger charge is 2.32. The molecule has 1 aromatic heterocycles. The van der Waals surface area contributed by atoms with E-state index in [0.717, 1.165) is 22.9 Å². The second kappa shape index (κ2) is 9.02. The number of carbonyl (C=O) groups is 2. The molecule has 3 rings (SSSR count). The average Bonchev–Trinajstić information content (AvgIpc) is 3.27. The Morgan fingerprint density at radius 2 is 2.12 bits per heavy atom. The molecule has 2 amide bonds. The van der Waals surface area contributed by atoms with Gasteiger partial charge in [-0.2, -0.15) is 0 Å². The summed E-state index contributed by atoms with van der Waals surface area (Å²) in [5.41, 5.74) is 7.57. The van der Waals surface area contributed by atoms with Crippen LogP contribution in [0, 0.1) is 0 Å². The number of nitrogens with two attached hydrogens (primary N) is 1. The van der Waals surface area contributed by atoms with Gasteiger partial charge in [0.1, 0.15) is 12.1 Å². The summed E-state index contributed by atoms with van der Waals surface area (Å²) in [6, 6.07) is 7.22. The summed E-state index contributed by atoms with van der Waals surface area (Å²) >= 11 is 0. The first kappa shape index (κ1) is 20.2. The molecule has 1 fully saturated rings. The van der Waals surface area contributed by atoms with Crippen LogP contribution in [0.4, 0.5) is 0 Å². The van der Waals surface area contributed by atoms with Crippen LogP contribution in [-0.2, 0) is 20.7 Å². The molecule has 1 aliphatic heterocycles. The SMILES string of the molecule is CNC(=O)[C@H](Cc1c[nH]c2ccccc12)NC(=O)[C@@H]1CC[C@H](CN)O1.Cl. The molecule has 5 N–H and O–H groups in total. The van der Waals surface area contributed by atoms with E-state index in [1.807, 2.05) is 30.5 Å². The van der Waals surface area contributed by atoms with E-state index in [1.165, 1.54) is 0 Å². The molecule has 8 heteroatoms. The number of para-hydroxylation sites is 1. The van der Waals surface area contributed by atoms with Crippen molar-refractivity contribution >= 4 is 35.1 Å². The highest BCUT2D eigenvalue weighted by Crippen LogP contribution is 2.21. The number of benzene rings is 1. The van der Waals surface area contributed by atoms with Crippen LogP contribution in [0.1, 0.15) is 18.4 Å². The van der Waals surface area contributed by atoms with Gasteiger partial charge in [-0.3, -0.25) is 9.59 Å². The predicted octanol–water partition coefficient (Wildman–Crippen LogP) is 0.869. The molecule has 0 aliphatic carbocycles. The highest BCUT2D eigenvalue weighted by atomic mass is 35.5. The molecule has 2 aromatic rings. The monoisotopic (exact) mass is 380 g/mol. The molecule has 1 saturated heterocycles. The molecule has 142 valence electrons. The number of aromatic amines is 1. The molecule has 0 spiro atoms. The molecule has 0 radical (unpaired) electrons. The van der Waals surface area contributed by atoms with Gasteiger partial charge in [0.05, 0.1) is 6.10 Å². The van der Waals surface area contributed by atoms with E-state index >= 15 is 0 Å². The maximum absolute atomic E-state index is 12.5. The minimum Gasteiger partial charge on any atom is -0.364 e. The number of nitrogens with one attached hydrogen (secondary N) is 3. The van der Waals surface area contributed by atoms with Crippen LogP contribution in [0.3, 0.4) is 0 Å². The summed E-state index contributed by atoms with van der Waals surface area (Å²) in [5.74, 6) is -0.489. The fourth-order valence-corrected chi connectivity index (χ4v) is 3.24. The maximum atomic E-state index is 12.5. The van der Waals surface area contributed by atoms with Crippen LogP contribution in [-0.4, -0.2) is 48.6 Å². The number of amides is 2. The average molecular weight is 381 g/mol. The molecule has 26 heavy (non-hydrogen) atoms. The lowest BCUT2D eigenvalue weighted by atomic mass is 10.0. The van der Waals surface area contributed by atoms with Gasteiger partial charge >= 0.3 is 0 Å². The first-order chi connectivity index (χ1) is 12.1. The van der Waals surface area contributed by atoms with E-state index in [0.29, 0.717) is 19.4 Å². The summed E-state index contributed by atoms with van der Waals surface area (Å²) < 4.78 is 5.62. The fourth-order valence-electron chi connectivity index (χ4n) is 3.24. The molecule has 7 nitrogen and oxygen atoms in total. The van der Waals surface area contributed by atoms with E-state index in [-0.39, 0.29) is 30.3 Å². The largest absolute Gasteiger partial charge is 0.364 e. The van der Waals surface area contributed by atoms with Crippen molar-refractivity contribution in [3.05, 3.63) is 36.0 Å². The molecule has 0 bridgehead atoms. The predicted molar refractivity (Wildman–Crippen MR) is 102 cm³/mol. The molecule has 1 aromatic carbocycles. The Kier molecular flexibility index (Phi) is 7.02. The van der Waals surface area contributed by atoms with E-state index in [9.17, 15) is 9.59 Å². The Morgan fingerprint density at radius 3 is 2.81 bits per heavy atom. The number of hydrogen-bond donors (Lipinski definition) is 4. The van der Waals surface area contributed by atoms with Crippen LogP contribution in [0.5, 0.6) is 0 Å². The smallest absolute Gasteiger partial charge is 0.249 e. The summed E-state index contributed by atoms with van der Waals surface area (Å²) in [6.45, 7) is 0.401. The molecule has 0 saturated carbocycles. The summed E-state index contributed by atoms with van der Waals surface area (Å²) in [4.78, 5) is 27.9. The Bertz CT molecular complexity index is 764. The molecular formula is C18H25ClN4O3. The zero-order valence-electron chi connectivity index (χ0n) is 14.7. The Labute approximate surface area is 158 Å². The minimum absolute atomic E-state index is 0. The summed E-state index contributed by atoms with van der Waals surface area (Å²) in [7, 11) is 1.56. The highest BCUT2D eigenvalue weighted by molar-refractivity contribution is 5.90. The number of rotatable bonds is 6. The summed E-state index contributed by atoms with van der Waals surface area (Å²) in [5, 5.41) is 6.49. The first-order valence-electron chi connectivity index (χ1n) is 8.55. The Balaban J connectivity index is 0.00000243. The quantitative estimate of drug-likeness (QED) is 0.596. The number of hydrogen-bond acceptors (Lipinski definition) is 4. The molecule has 2 heterocycles. The van der Waals surface area contributed by atoms with Gasteiger partial charge < -0.3 is 26.1 Å². The fraction of sp³-hybridized carbons (Fsp3) is 0.444. The van der Waals surface area contributed by atoms with Crippen molar-refractivity contribution in [2.75, 3.05) is 13.6 Å². The number of H-pyrrole nitrogens is 1. The van der Waals surface area contributed by atoms with Gasteiger partial charge in [-0.15, -0.1) is 12.4 Å². The van der Waals surface area contributed by atoms with Crippen LogP contribution in [0.15, 0.2) is 30.5 Å². The van der Waals surface area contributed by atoms with Gasteiger partial charge in [-0.05, 0) is 24.5 Å². The second-order valence-electron chi connectivity index (χ2n) is 6.30. The molecule has 3 atom stereocenters. The standard InChI is InChI=1S/C18H24N4O3.ClH/c1-20-17(23)15(22-18(24)16-7-6-12(9-19)25-16)8-11-10-21-14-5-3-2-4-13(11)14;/h2-5,10,12,15-16,21H,6-9,19H2,1H3,(H,20,23)(H,22,24);1H/t12-,15+,16+;/m1./s1. The van der Waals surface area contributed by atoms with E-state index in [2.05, 4.69) is 15.6 Å². The van der Waals surface area contributed by atoms with Crippen molar-refractivity contribution in [1.29, 1.82) is 0 Å². The number of carbonyl (C=O) groups excluding carboxylic acids is 2. The van der Waals surface area contributed by atoms with Crippen LogP contribution in [0.25, 0.3) is 10.9 Å². The Hall–Kier alpha value is -2.09. The first-order valence-corrected chi connectivity index (χ1v) is 8.55. The maximum Gasteiger partial charge on any atom is 0.249 e. The zero-order valence-corrected chi connectivity index (χ0v) is 15.5. The number of aromatic nitrogens is 1. The molecular weight excluding hydrogens is 356 g/mol. The van der Waals surface area contributed by atoms with E-state index < -0.39 is 12.1 Å². The van der Waals surface area contributed by atoms with Crippen molar-refractivity contribution in [1.82, 2.24) is 15.6 Å². The van der Waals surface area contributed by atoms with Gasteiger partial charge in [-0.1, -0.05) is 18.2 Å². The third kappa shape index (κ3) is 4.35. The number of halogens is 1. The number of ether oxygens (including phenoxy) is 1. The lowest BCUT2D eigenvalue weighted by molar-refractivity contribution is -0.135. The lowest BCUT2D eigenvalue weighted by Crippen LogP contribution is -2.50. The van der Waals surface area contributed by atoms with E-state index in [4.69, 9.17) is 10.5 Å². The third-order valence-electron chi connectivity index (χ3n) is 4.64. The van der Waals surface area contributed by atoms with Crippen molar-refractivity contribution < 1.29 is 14.3 Å². The van der Waals surface area contributed by atoms with Crippen molar-refractivity contribution in [2.45, 2.75) is 37.5 Å². The normalized spacial score (nSPS) is 20.4. The number of likely N-dealkylation sites (N-methyl/N-ethyl adjacent to an activating group) is 1. The van der Waals surface area contributed by atoms with Crippen LogP contribution in [0.2, 0.25) is 0 Å². The number of fused-ring (bicyclic) bond motifs is 1.